The van der Waals surface area contributed by atoms with Gasteiger partial charge in [0.05, 0.1) is 23.1 Å². The van der Waals surface area contributed by atoms with Gasteiger partial charge in [0, 0.05) is 23.3 Å². The average molecular weight is 426 g/mol. The van der Waals surface area contributed by atoms with Crippen molar-refractivity contribution < 1.29 is 17.6 Å². The van der Waals surface area contributed by atoms with Gasteiger partial charge < -0.3 is 4.98 Å². The molecule has 0 saturated heterocycles. The number of anilines is 1. The number of halogens is 1. The molecule has 9 heteroatoms. The topological polar surface area (TPSA) is 96.3 Å². The van der Waals surface area contributed by atoms with Crippen molar-refractivity contribution in [3.63, 3.8) is 0 Å². The first-order valence-corrected chi connectivity index (χ1v) is 11.1. The Balaban J connectivity index is 1.68. The molecular formula is C21H19FN4O3S. The van der Waals surface area contributed by atoms with Gasteiger partial charge in [0.15, 0.2) is 11.6 Å². The number of hydrogen-bond donors (Lipinski definition) is 2. The Labute approximate surface area is 173 Å². The molecule has 1 fully saturated rings. The van der Waals surface area contributed by atoms with Gasteiger partial charge in [-0.2, -0.15) is 0 Å². The summed E-state index contributed by atoms with van der Waals surface area (Å²) in [6.45, 7) is 7.11. The Hall–Kier alpha value is -3.25. The van der Waals surface area contributed by atoms with Crippen LogP contribution in [0.4, 0.5) is 15.8 Å². The summed E-state index contributed by atoms with van der Waals surface area (Å²) in [6.07, 6.45) is 6.52. The molecule has 7 nitrogen and oxygen atoms in total. The standard InChI is InChI=1S/C21H19FN4O3S/c1-23-13-10-16-17(12-25-21(16)24-11-13)20(27)15-8-5-9-18(19(15)22)26-30(28,29)14-6-3-2-4-7-14/h5,8-12,14,26H,2-4,6-7H2,(H,24,25). The van der Waals surface area contributed by atoms with Crippen LogP contribution in [0.2, 0.25) is 0 Å². The van der Waals surface area contributed by atoms with E-state index >= 15 is 4.39 Å². The lowest BCUT2D eigenvalue weighted by atomic mass is 10.0. The lowest BCUT2D eigenvalue weighted by Gasteiger charge is -2.22. The molecule has 0 bridgehead atoms. The Bertz CT molecular complexity index is 1270. The molecule has 0 unspecified atom stereocenters. The van der Waals surface area contributed by atoms with E-state index in [1.54, 1.807) is 0 Å². The zero-order valence-corrected chi connectivity index (χ0v) is 16.8. The second-order valence-electron chi connectivity index (χ2n) is 7.31. The molecule has 0 atom stereocenters. The summed E-state index contributed by atoms with van der Waals surface area (Å²) in [4.78, 5) is 23.2. The zero-order chi connectivity index (χ0) is 21.3. The van der Waals surface area contributed by atoms with E-state index in [0.29, 0.717) is 23.9 Å². The summed E-state index contributed by atoms with van der Waals surface area (Å²) in [5, 5.41) is -0.155. The minimum absolute atomic E-state index is 0.161. The normalized spacial score (nSPS) is 15.1. The van der Waals surface area contributed by atoms with Gasteiger partial charge in [-0.05, 0) is 31.0 Å². The molecule has 0 radical (unpaired) electrons. The van der Waals surface area contributed by atoms with Crippen molar-refractivity contribution in [2.45, 2.75) is 37.4 Å². The molecule has 4 rings (SSSR count). The summed E-state index contributed by atoms with van der Waals surface area (Å²) in [7, 11) is -3.75. The monoisotopic (exact) mass is 426 g/mol. The number of H-pyrrole nitrogens is 1. The SMILES string of the molecule is [C-]#[N+]c1cnc2[nH]cc(C(=O)c3cccc(NS(=O)(=O)C4CCCCC4)c3F)c2c1. The summed E-state index contributed by atoms with van der Waals surface area (Å²) < 4.78 is 42.8. The van der Waals surface area contributed by atoms with Crippen LogP contribution in [0.25, 0.3) is 15.9 Å². The first-order valence-electron chi connectivity index (χ1n) is 9.60. The molecule has 1 aliphatic carbocycles. The van der Waals surface area contributed by atoms with E-state index < -0.39 is 26.9 Å². The second kappa shape index (κ2) is 7.88. The summed E-state index contributed by atoms with van der Waals surface area (Å²) in [5.74, 6) is -1.55. The molecule has 0 aliphatic heterocycles. The number of rotatable bonds is 5. The summed E-state index contributed by atoms with van der Waals surface area (Å²) in [5.41, 5.74) is 0.319. The van der Waals surface area contributed by atoms with Crippen LogP contribution in [0, 0.1) is 12.4 Å². The minimum atomic E-state index is -3.75. The number of nitrogens with zero attached hydrogens (tertiary/aromatic N) is 2. The smallest absolute Gasteiger partial charge is 0.235 e. The molecule has 154 valence electrons. The number of carbonyl (C=O) groups excluding carboxylic acids is 1. The number of hydrogen-bond acceptors (Lipinski definition) is 4. The number of carbonyl (C=O) groups is 1. The number of aromatic nitrogens is 2. The molecule has 1 aromatic carbocycles. The summed E-state index contributed by atoms with van der Waals surface area (Å²) in [6, 6.07) is 5.56. The summed E-state index contributed by atoms with van der Waals surface area (Å²) >= 11 is 0. The number of nitrogens with one attached hydrogen (secondary N) is 2. The predicted octanol–water partition coefficient (Wildman–Crippen LogP) is 4.56. The molecule has 30 heavy (non-hydrogen) atoms. The van der Waals surface area contributed by atoms with Crippen molar-refractivity contribution in [2.24, 2.45) is 0 Å². The molecule has 2 N–H and O–H groups in total. The fourth-order valence-electron chi connectivity index (χ4n) is 3.78. The minimum Gasteiger partial charge on any atom is -0.345 e. The Morgan fingerprint density at radius 1 is 1.23 bits per heavy atom. The highest BCUT2D eigenvalue weighted by Crippen LogP contribution is 2.29. The van der Waals surface area contributed by atoms with Gasteiger partial charge in [-0.15, -0.1) is 0 Å². The van der Waals surface area contributed by atoms with Gasteiger partial charge in [0.25, 0.3) is 0 Å². The molecule has 2 aromatic heterocycles. The Kier molecular flexibility index (Phi) is 5.26. The molecular weight excluding hydrogens is 407 g/mol. The molecule has 0 spiro atoms. The largest absolute Gasteiger partial charge is 0.345 e. The fourth-order valence-corrected chi connectivity index (χ4v) is 5.37. The van der Waals surface area contributed by atoms with E-state index in [2.05, 4.69) is 19.5 Å². The van der Waals surface area contributed by atoms with Gasteiger partial charge in [-0.1, -0.05) is 25.3 Å². The van der Waals surface area contributed by atoms with Crippen LogP contribution in [0.1, 0.15) is 48.0 Å². The van der Waals surface area contributed by atoms with Crippen LogP contribution in [-0.4, -0.2) is 29.4 Å². The first kappa shape index (κ1) is 20.0. The number of benzene rings is 1. The number of aromatic amines is 1. The van der Waals surface area contributed by atoms with Crippen LogP contribution < -0.4 is 4.72 Å². The molecule has 0 amide bonds. The van der Waals surface area contributed by atoms with Crippen LogP contribution in [0.15, 0.2) is 36.7 Å². The number of pyridine rings is 1. The maximum Gasteiger partial charge on any atom is 0.235 e. The van der Waals surface area contributed by atoms with Crippen LogP contribution in [0.5, 0.6) is 0 Å². The number of fused-ring (bicyclic) bond motifs is 1. The first-order chi connectivity index (χ1) is 14.4. The second-order valence-corrected chi connectivity index (χ2v) is 9.27. The van der Waals surface area contributed by atoms with Crippen molar-refractivity contribution in [2.75, 3.05) is 4.72 Å². The Morgan fingerprint density at radius 3 is 2.73 bits per heavy atom. The quantitative estimate of drug-likeness (QED) is 0.462. The molecule has 1 aliphatic rings. The third-order valence-electron chi connectivity index (χ3n) is 5.38. The number of ketones is 1. The lowest BCUT2D eigenvalue weighted by molar-refractivity contribution is 0.103. The average Bonchev–Trinajstić information content (AvgIpc) is 3.18. The van der Waals surface area contributed by atoms with Gasteiger partial charge >= 0.3 is 0 Å². The van der Waals surface area contributed by atoms with Crippen molar-refractivity contribution in [1.82, 2.24) is 9.97 Å². The third-order valence-corrected chi connectivity index (χ3v) is 7.23. The van der Waals surface area contributed by atoms with Crippen LogP contribution in [0.3, 0.4) is 0 Å². The highest BCUT2D eigenvalue weighted by atomic mass is 32.2. The van der Waals surface area contributed by atoms with E-state index in [1.807, 2.05) is 0 Å². The molecule has 3 aromatic rings. The van der Waals surface area contributed by atoms with E-state index in [-0.39, 0.29) is 22.5 Å². The van der Waals surface area contributed by atoms with E-state index in [9.17, 15) is 13.2 Å². The van der Waals surface area contributed by atoms with Crippen LogP contribution >= 0.6 is 0 Å². The van der Waals surface area contributed by atoms with Gasteiger partial charge in [-0.3, -0.25) is 14.5 Å². The predicted molar refractivity (Wildman–Crippen MR) is 112 cm³/mol. The third kappa shape index (κ3) is 3.66. The zero-order valence-electron chi connectivity index (χ0n) is 16.0. The van der Waals surface area contributed by atoms with E-state index in [0.717, 1.165) is 19.3 Å². The maximum atomic E-state index is 15.1. The Morgan fingerprint density at radius 2 is 2.00 bits per heavy atom. The van der Waals surface area contributed by atoms with Crippen molar-refractivity contribution in [3.05, 3.63) is 65.0 Å². The van der Waals surface area contributed by atoms with E-state index in [4.69, 9.17) is 6.57 Å². The van der Waals surface area contributed by atoms with Gasteiger partial charge in [0.1, 0.15) is 5.65 Å². The van der Waals surface area contributed by atoms with Gasteiger partial charge in [0.2, 0.25) is 15.7 Å². The lowest BCUT2D eigenvalue weighted by Crippen LogP contribution is -2.30. The van der Waals surface area contributed by atoms with E-state index in [1.165, 1.54) is 36.7 Å². The van der Waals surface area contributed by atoms with Crippen molar-refractivity contribution >= 4 is 38.2 Å². The molecule has 1 saturated carbocycles. The van der Waals surface area contributed by atoms with Crippen molar-refractivity contribution in [1.29, 1.82) is 0 Å². The maximum absolute atomic E-state index is 15.1. The highest BCUT2D eigenvalue weighted by molar-refractivity contribution is 7.93. The molecule has 2 heterocycles. The van der Waals surface area contributed by atoms with Crippen molar-refractivity contribution in [3.8, 4) is 0 Å². The van der Waals surface area contributed by atoms with Gasteiger partial charge in [-0.25, -0.2) is 17.7 Å². The fraction of sp³-hybridized carbons (Fsp3) is 0.286. The van der Waals surface area contributed by atoms with Crippen LogP contribution in [-0.2, 0) is 10.0 Å². The number of sulfonamides is 1. The highest BCUT2D eigenvalue weighted by Gasteiger charge is 2.29.